The summed E-state index contributed by atoms with van der Waals surface area (Å²) in [5.41, 5.74) is -0.0348. The Hall–Kier alpha value is -1.41. The van der Waals surface area contributed by atoms with Crippen LogP contribution in [0.15, 0.2) is 12.1 Å². The summed E-state index contributed by atoms with van der Waals surface area (Å²) in [6.07, 6.45) is 4.76. The number of aliphatic hydroxyl groups excluding tert-OH is 1. The summed E-state index contributed by atoms with van der Waals surface area (Å²) in [7, 11) is 0. The highest BCUT2D eigenvalue weighted by Gasteiger charge is 2.26. The lowest BCUT2D eigenvalue weighted by atomic mass is 10.1. The zero-order valence-electron chi connectivity index (χ0n) is 12.6. The van der Waals surface area contributed by atoms with Crippen molar-refractivity contribution in [3.63, 3.8) is 0 Å². The van der Waals surface area contributed by atoms with Crippen LogP contribution in [0, 0.1) is 17.5 Å². The molecule has 23 heavy (non-hydrogen) atoms. The molecule has 0 aliphatic heterocycles. The van der Waals surface area contributed by atoms with Crippen LogP contribution in [0.3, 0.4) is 0 Å². The Balaban J connectivity index is 1.98. The summed E-state index contributed by atoms with van der Waals surface area (Å²) in [4.78, 5) is 12.0. The molecule has 2 amide bonds. The number of urea groups is 1. The van der Waals surface area contributed by atoms with Crippen molar-refractivity contribution in [3.8, 4) is 0 Å². The fourth-order valence-electron chi connectivity index (χ4n) is 2.68. The van der Waals surface area contributed by atoms with Gasteiger partial charge in [-0.05, 0) is 43.2 Å². The lowest BCUT2D eigenvalue weighted by molar-refractivity contribution is 0.214. The van der Waals surface area contributed by atoms with Crippen molar-refractivity contribution in [2.24, 2.45) is 0 Å². The Kier molecular flexibility index (Phi) is 6.17. The Morgan fingerprint density at radius 2 is 2.00 bits per heavy atom. The van der Waals surface area contributed by atoms with E-state index in [9.17, 15) is 23.1 Å². The van der Waals surface area contributed by atoms with Gasteiger partial charge >= 0.3 is 6.03 Å². The quantitative estimate of drug-likeness (QED) is 0.717. The van der Waals surface area contributed by atoms with E-state index in [1.54, 1.807) is 11.8 Å². The monoisotopic (exact) mass is 348 g/mol. The number of amides is 2. The van der Waals surface area contributed by atoms with E-state index in [0.29, 0.717) is 5.25 Å². The van der Waals surface area contributed by atoms with Crippen LogP contribution >= 0.6 is 11.8 Å². The van der Waals surface area contributed by atoms with Gasteiger partial charge in [0.25, 0.3) is 0 Å². The third-order valence-electron chi connectivity index (χ3n) is 3.95. The van der Waals surface area contributed by atoms with Gasteiger partial charge in [0.1, 0.15) is 0 Å². The van der Waals surface area contributed by atoms with Crippen molar-refractivity contribution < 1.29 is 23.1 Å². The molecule has 128 valence electrons. The van der Waals surface area contributed by atoms with Gasteiger partial charge in [-0.2, -0.15) is 11.8 Å². The Labute approximate surface area is 136 Å². The summed E-state index contributed by atoms with van der Waals surface area (Å²) < 4.78 is 39.5. The standard InChI is InChI=1S/C15H19F3N2O2S/c1-23-10-3-2-9(6-10)19-15(22)20-13(7-21)8-4-11(16)14(18)12(17)5-8/h4-5,9-10,13,21H,2-3,6-7H2,1H3,(H2,19,20,22). The number of halogens is 3. The number of hydrogen-bond acceptors (Lipinski definition) is 3. The number of benzene rings is 1. The molecule has 8 heteroatoms. The van der Waals surface area contributed by atoms with E-state index in [2.05, 4.69) is 10.6 Å². The van der Waals surface area contributed by atoms with Crippen LogP contribution in [0.25, 0.3) is 0 Å². The fraction of sp³-hybridized carbons (Fsp3) is 0.533. The van der Waals surface area contributed by atoms with Gasteiger partial charge in [0.05, 0.1) is 12.6 Å². The first-order valence-electron chi connectivity index (χ1n) is 7.29. The van der Waals surface area contributed by atoms with E-state index < -0.39 is 36.1 Å². The van der Waals surface area contributed by atoms with Crippen LogP contribution in [0.5, 0.6) is 0 Å². The second-order valence-corrected chi connectivity index (χ2v) is 6.66. The van der Waals surface area contributed by atoms with Crippen molar-refractivity contribution >= 4 is 17.8 Å². The molecule has 3 unspecified atom stereocenters. The lowest BCUT2D eigenvalue weighted by Gasteiger charge is -2.20. The van der Waals surface area contributed by atoms with Crippen molar-refractivity contribution in [1.29, 1.82) is 0 Å². The molecule has 3 atom stereocenters. The molecule has 0 heterocycles. The number of carbonyl (C=O) groups is 1. The topological polar surface area (TPSA) is 61.4 Å². The van der Waals surface area contributed by atoms with Crippen molar-refractivity contribution in [2.75, 3.05) is 12.9 Å². The van der Waals surface area contributed by atoms with Gasteiger partial charge in [-0.1, -0.05) is 0 Å². The highest BCUT2D eigenvalue weighted by molar-refractivity contribution is 7.99. The molecule has 3 N–H and O–H groups in total. The van der Waals surface area contributed by atoms with Crippen molar-refractivity contribution in [3.05, 3.63) is 35.1 Å². The molecule has 1 fully saturated rings. The smallest absolute Gasteiger partial charge is 0.315 e. The molecule has 0 radical (unpaired) electrons. The first-order chi connectivity index (χ1) is 10.9. The summed E-state index contributed by atoms with van der Waals surface area (Å²) in [5, 5.41) is 15.1. The molecule has 1 saturated carbocycles. The van der Waals surface area contributed by atoms with Crippen molar-refractivity contribution in [1.82, 2.24) is 10.6 Å². The zero-order valence-corrected chi connectivity index (χ0v) is 13.4. The molecule has 0 saturated heterocycles. The molecule has 1 aliphatic rings. The van der Waals surface area contributed by atoms with E-state index in [4.69, 9.17) is 0 Å². The Morgan fingerprint density at radius 1 is 1.35 bits per heavy atom. The normalized spacial score (nSPS) is 22.0. The van der Waals surface area contributed by atoms with Gasteiger partial charge in [0.2, 0.25) is 0 Å². The highest BCUT2D eigenvalue weighted by atomic mass is 32.2. The summed E-state index contributed by atoms with van der Waals surface area (Å²) in [6, 6.07) is 0.0180. The van der Waals surface area contributed by atoms with Crippen LogP contribution in [-0.2, 0) is 0 Å². The molecule has 1 aromatic carbocycles. The van der Waals surface area contributed by atoms with E-state index >= 15 is 0 Å². The Bertz CT molecular complexity index is 551. The van der Waals surface area contributed by atoms with Crippen molar-refractivity contribution in [2.45, 2.75) is 36.6 Å². The minimum Gasteiger partial charge on any atom is -0.394 e. The highest BCUT2D eigenvalue weighted by Crippen LogP contribution is 2.28. The molecule has 4 nitrogen and oxygen atoms in total. The second-order valence-electron chi connectivity index (χ2n) is 5.52. The molecule has 0 bridgehead atoms. The van der Waals surface area contributed by atoms with E-state index in [-0.39, 0.29) is 11.6 Å². The van der Waals surface area contributed by atoms with E-state index in [1.165, 1.54) is 0 Å². The number of hydrogen-bond donors (Lipinski definition) is 3. The van der Waals surface area contributed by atoms with Gasteiger partial charge in [0.15, 0.2) is 17.5 Å². The van der Waals surface area contributed by atoms with Crippen LogP contribution in [0.2, 0.25) is 0 Å². The van der Waals surface area contributed by atoms with Gasteiger partial charge in [0, 0.05) is 11.3 Å². The number of nitrogens with one attached hydrogen (secondary N) is 2. The average Bonchev–Trinajstić information content (AvgIpc) is 2.97. The molecular formula is C15H19F3N2O2S. The predicted molar refractivity (Wildman–Crippen MR) is 82.8 cm³/mol. The van der Waals surface area contributed by atoms with Gasteiger partial charge < -0.3 is 15.7 Å². The first kappa shape index (κ1) is 17.9. The summed E-state index contributed by atoms with van der Waals surface area (Å²) in [5.74, 6) is -4.30. The largest absolute Gasteiger partial charge is 0.394 e. The van der Waals surface area contributed by atoms with Crippen LogP contribution in [0.4, 0.5) is 18.0 Å². The zero-order chi connectivity index (χ0) is 17.0. The third kappa shape index (κ3) is 4.54. The van der Waals surface area contributed by atoms with Crippen LogP contribution < -0.4 is 10.6 Å². The molecule has 1 aromatic rings. The van der Waals surface area contributed by atoms with Gasteiger partial charge in [-0.15, -0.1) is 0 Å². The lowest BCUT2D eigenvalue weighted by Crippen LogP contribution is -2.43. The fourth-order valence-corrected chi connectivity index (χ4v) is 3.48. The number of thioether (sulfide) groups is 1. The van der Waals surface area contributed by atoms with Crippen LogP contribution in [0.1, 0.15) is 30.9 Å². The maximum atomic E-state index is 13.3. The van der Waals surface area contributed by atoms with Gasteiger partial charge in [-0.3, -0.25) is 0 Å². The number of carbonyl (C=O) groups excluding carboxylic acids is 1. The summed E-state index contributed by atoms with van der Waals surface area (Å²) >= 11 is 1.75. The maximum absolute atomic E-state index is 13.3. The van der Waals surface area contributed by atoms with Gasteiger partial charge in [-0.25, -0.2) is 18.0 Å². The minimum atomic E-state index is -1.58. The molecule has 0 spiro atoms. The number of aliphatic hydroxyl groups is 1. The number of rotatable bonds is 5. The predicted octanol–water partition coefficient (Wildman–Crippen LogP) is 2.72. The second kappa shape index (κ2) is 7.92. The molecular weight excluding hydrogens is 329 g/mol. The molecule has 1 aliphatic carbocycles. The first-order valence-corrected chi connectivity index (χ1v) is 8.58. The van der Waals surface area contributed by atoms with E-state index in [1.807, 2.05) is 6.26 Å². The molecule has 0 aromatic heterocycles. The molecule has 2 rings (SSSR count). The maximum Gasteiger partial charge on any atom is 0.315 e. The van der Waals surface area contributed by atoms with Crippen LogP contribution in [-0.4, -0.2) is 35.3 Å². The SMILES string of the molecule is CSC1CCC(NC(=O)NC(CO)c2cc(F)c(F)c(F)c2)C1. The third-order valence-corrected chi connectivity index (χ3v) is 5.04. The minimum absolute atomic E-state index is 0.0348. The Morgan fingerprint density at radius 3 is 2.52 bits per heavy atom. The summed E-state index contributed by atoms with van der Waals surface area (Å²) in [6.45, 7) is -0.559. The van der Waals surface area contributed by atoms with E-state index in [0.717, 1.165) is 31.4 Å². The average molecular weight is 348 g/mol.